The minimum atomic E-state index is -0.118. The summed E-state index contributed by atoms with van der Waals surface area (Å²) in [6.07, 6.45) is 3.06. The summed E-state index contributed by atoms with van der Waals surface area (Å²) in [5.41, 5.74) is 7.46. The Bertz CT molecular complexity index is 1100. The Balaban J connectivity index is -0.000000491. The normalized spacial score (nSPS) is 9.51. The molecule has 0 spiro atoms. The predicted octanol–water partition coefficient (Wildman–Crippen LogP) is 9.85. The molecule has 3 rings (SSSR count). The van der Waals surface area contributed by atoms with Gasteiger partial charge in [-0.05, 0) is 69.9 Å². The van der Waals surface area contributed by atoms with E-state index in [1.54, 1.807) is 6.92 Å². The van der Waals surface area contributed by atoms with E-state index >= 15 is 0 Å². The van der Waals surface area contributed by atoms with Crippen LogP contribution in [0.1, 0.15) is 75.3 Å². The van der Waals surface area contributed by atoms with E-state index in [0.29, 0.717) is 18.9 Å². The van der Waals surface area contributed by atoms with E-state index in [-0.39, 0.29) is 20.0 Å². The number of aryl methyl sites for hydroxylation is 3. The number of aliphatic hydroxyl groups is 1. The molecular weight excluding hydrogens is 576 g/mol. The summed E-state index contributed by atoms with van der Waals surface area (Å²) >= 11 is 3.34. The molecule has 0 amide bonds. The van der Waals surface area contributed by atoms with Gasteiger partial charge in [-0.15, -0.1) is 0 Å². The van der Waals surface area contributed by atoms with Crippen molar-refractivity contribution < 1.29 is 19.3 Å². The quantitative estimate of drug-likeness (QED) is 0.123. The van der Waals surface area contributed by atoms with Crippen molar-refractivity contribution in [2.75, 3.05) is 13.2 Å². The molecule has 1 unspecified atom stereocenters. The zero-order valence-corrected chi connectivity index (χ0v) is 26.5. The Morgan fingerprint density at radius 2 is 1.41 bits per heavy atom. The first-order chi connectivity index (χ1) is 19.1. The molecule has 0 saturated heterocycles. The molecule has 3 aromatic carbocycles. The van der Waals surface area contributed by atoms with E-state index < -0.39 is 0 Å². The summed E-state index contributed by atoms with van der Waals surface area (Å²) in [7, 11) is 0. The van der Waals surface area contributed by atoms with Crippen LogP contribution in [0.25, 0.3) is 6.08 Å². The number of esters is 1. The van der Waals surface area contributed by atoms with Gasteiger partial charge in [0.1, 0.15) is 0 Å². The van der Waals surface area contributed by atoms with Crippen LogP contribution in [-0.2, 0) is 20.6 Å². The molecule has 0 fully saturated rings. The Morgan fingerprint density at radius 1 is 0.976 bits per heavy atom. The molecule has 4 nitrogen and oxygen atoms in total. The first kappa shape index (κ1) is 42.3. The van der Waals surface area contributed by atoms with Gasteiger partial charge in [0.15, 0.2) is 0 Å². The zero-order valence-electron chi connectivity index (χ0n) is 24.9. The van der Waals surface area contributed by atoms with Gasteiger partial charge in [0.2, 0.25) is 0 Å². The number of rotatable bonds is 7. The molecule has 3 aromatic rings. The van der Waals surface area contributed by atoms with Gasteiger partial charge in [0, 0.05) is 23.4 Å². The van der Waals surface area contributed by atoms with E-state index in [2.05, 4.69) is 112 Å². The molecule has 0 radical (unpaired) electrons. The van der Waals surface area contributed by atoms with Crippen LogP contribution in [0.2, 0.25) is 0 Å². The van der Waals surface area contributed by atoms with Crippen LogP contribution in [0.15, 0.2) is 96.0 Å². The van der Waals surface area contributed by atoms with Crippen LogP contribution in [0.5, 0.6) is 0 Å². The first-order valence-corrected chi connectivity index (χ1v) is 14.0. The minimum absolute atomic E-state index is 0. The van der Waals surface area contributed by atoms with Gasteiger partial charge in [0.05, 0.1) is 6.61 Å². The number of aliphatic hydroxyl groups excluding tert-OH is 1. The number of carbonyl (C=O) groups excluding carboxylic acids is 1. The van der Waals surface area contributed by atoms with Gasteiger partial charge in [-0.1, -0.05) is 127 Å². The molecule has 0 bridgehead atoms. The molecule has 0 aliphatic rings. The number of ether oxygens (including phenoxy) is 1. The van der Waals surface area contributed by atoms with Crippen molar-refractivity contribution in [3.05, 3.63) is 130 Å². The number of hydrogen-bond acceptors (Lipinski definition) is 3. The van der Waals surface area contributed by atoms with Gasteiger partial charge in [-0.25, -0.2) is 0 Å². The number of benzene rings is 3. The summed E-state index contributed by atoms with van der Waals surface area (Å²) in [6.45, 7) is 24.7. The molecule has 1 atom stereocenters. The fourth-order valence-electron chi connectivity index (χ4n) is 2.97. The Hall–Kier alpha value is -3.21. The van der Waals surface area contributed by atoms with Crippen LogP contribution in [0.4, 0.5) is 0 Å². The Labute approximate surface area is 258 Å². The maximum atomic E-state index is 11.1. The van der Waals surface area contributed by atoms with Crippen molar-refractivity contribution in [3.63, 3.8) is 0 Å². The Morgan fingerprint density at radius 3 is 1.80 bits per heavy atom. The topological polar surface area (TPSA) is 66.4 Å². The monoisotopic (exact) mass is 624 g/mol. The third kappa shape index (κ3) is 22.2. The molecular formula is C36H49BrO4. The van der Waals surface area contributed by atoms with Gasteiger partial charge >= 0.3 is 17.3 Å². The number of carbonyl (C=O) groups is 1. The molecule has 0 heterocycles. The second-order valence-corrected chi connectivity index (χ2v) is 9.76. The fourth-order valence-corrected chi connectivity index (χ4v) is 3.24. The van der Waals surface area contributed by atoms with E-state index in [1.807, 2.05) is 37.3 Å². The van der Waals surface area contributed by atoms with E-state index in [9.17, 15) is 4.79 Å². The zero-order chi connectivity index (χ0) is 30.9. The van der Waals surface area contributed by atoms with E-state index in [4.69, 9.17) is 14.5 Å². The van der Waals surface area contributed by atoms with Gasteiger partial charge in [-0.2, -0.15) is 0 Å². The third-order valence-corrected chi connectivity index (χ3v) is 5.99. The van der Waals surface area contributed by atoms with Crippen LogP contribution >= 0.6 is 15.9 Å². The van der Waals surface area contributed by atoms with Crippen molar-refractivity contribution >= 4 is 28.0 Å². The molecule has 0 aromatic heterocycles. The average Bonchev–Trinajstić information content (AvgIpc) is 2.95. The Kier molecular flexibility index (Phi) is 27.8. The van der Waals surface area contributed by atoms with Crippen LogP contribution < -0.4 is 0 Å². The van der Waals surface area contributed by atoms with Crippen LogP contribution in [0, 0.1) is 20.5 Å². The third-order valence-electron chi connectivity index (χ3n) is 5.47. The van der Waals surface area contributed by atoms with Crippen molar-refractivity contribution in [2.24, 2.45) is 0 Å². The van der Waals surface area contributed by atoms with Gasteiger partial charge in [0.25, 0.3) is 0 Å². The molecule has 0 aliphatic heterocycles. The predicted molar refractivity (Wildman–Crippen MR) is 178 cm³/mol. The van der Waals surface area contributed by atoms with Crippen molar-refractivity contribution in [2.45, 2.75) is 67.7 Å². The fraction of sp³-hybridized carbons (Fsp3) is 0.333. The SMILES string of the molecule is C.C=C(C)C(C)c1ccc(C)cc1.C=Cc1ccc(Br)cc1.CCO.CCOC(=O)CCc1ccc(C)cc1.[C-]#[O+]. The maximum absolute atomic E-state index is 11.1. The number of halogens is 1. The second-order valence-electron chi connectivity index (χ2n) is 8.84. The molecule has 0 aliphatic carbocycles. The average molecular weight is 626 g/mol. The van der Waals surface area contributed by atoms with Crippen LogP contribution in [-0.4, -0.2) is 24.3 Å². The summed E-state index contributed by atoms with van der Waals surface area (Å²) in [5, 5.41) is 7.57. The standard InChI is InChI=1S/C12H16O2.C12H16.C8H7Br.C2H6O.CO.CH4/c1-3-14-12(13)9-8-11-6-4-10(2)5-7-11;1-9(2)11(4)12-7-5-10(3)6-8-12;1-2-7-3-5-8(9)6-4-7;1-2-3;1-2;/h4-7H,3,8-9H2,1-2H3;5-8,11H,1H2,2-4H3;2-6H,1H2;3H,2H2,1H3;;1H4. The second kappa shape index (κ2) is 27.0. The molecule has 41 heavy (non-hydrogen) atoms. The van der Waals surface area contributed by atoms with Gasteiger partial charge < -0.3 is 9.84 Å². The van der Waals surface area contributed by atoms with Gasteiger partial charge in [-0.3, -0.25) is 4.79 Å². The molecule has 0 saturated carbocycles. The first-order valence-electron chi connectivity index (χ1n) is 13.2. The van der Waals surface area contributed by atoms with Crippen molar-refractivity contribution in [1.82, 2.24) is 0 Å². The summed E-state index contributed by atoms with van der Waals surface area (Å²) in [6, 6.07) is 24.9. The van der Waals surface area contributed by atoms with Crippen molar-refractivity contribution in [3.8, 4) is 0 Å². The van der Waals surface area contributed by atoms with E-state index in [1.165, 1.54) is 27.8 Å². The van der Waals surface area contributed by atoms with Crippen molar-refractivity contribution in [1.29, 1.82) is 0 Å². The summed E-state index contributed by atoms with van der Waals surface area (Å²) in [4.78, 5) is 11.1. The molecule has 1 N–H and O–H groups in total. The summed E-state index contributed by atoms with van der Waals surface area (Å²) in [5.74, 6) is 0.360. The molecule has 224 valence electrons. The summed E-state index contributed by atoms with van der Waals surface area (Å²) < 4.78 is 13.5. The van der Waals surface area contributed by atoms with E-state index in [0.717, 1.165) is 16.5 Å². The number of hydrogen-bond donors (Lipinski definition) is 1. The van der Waals surface area contributed by atoms with Crippen LogP contribution in [0.3, 0.4) is 0 Å². The number of allylic oxidation sites excluding steroid dienone is 1. The molecule has 5 heteroatoms.